The summed E-state index contributed by atoms with van der Waals surface area (Å²) in [7, 11) is 1.58. The maximum Gasteiger partial charge on any atom is 0.255 e. The highest BCUT2D eigenvalue weighted by molar-refractivity contribution is 6.09. The molecule has 1 heterocycles. The number of likely N-dealkylation sites (tertiary alicyclic amines) is 1. The van der Waals surface area contributed by atoms with Gasteiger partial charge in [-0.2, -0.15) is 0 Å². The molecule has 0 bridgehead atoms. The van der Waals surface area contributed by atoms with Crippen LogP contribution in [0.5, 0.6) is 5.75 Å². The molecule has 2 aromatic carbocycles. The molecule has 6 nitrogen and oxygen atoms in total. The number of anilines is 1. The third kappa shape index (κ3) is 5.83. The highest BCUT2D eigenvalue weighted by Gasteiger charge is 2.18. The van der Waals surface area contributed by atoms with Crippen LogP contribution >= 0.6 is 0 Å². The Balaban J connectivity index is 1.54. The lowest BCUT2D eigenvalue weighted by Gasteiger charge is -2.33. The number of hydrogen-bond acceptors (Lipinski definition) is 4. The van der Waals surface area contributed by atoms with Gasteiger partial charge in [0.1, 0.15) is 5.75 Å². The van der Waals surface area contributed by atoms with Gasteiger partial charge in [0.05, 0.1) is 18.4 Å². The Morgan fingerprint density at radius 2 is 1.83 bits per heavy atom. The van der Waals surface area contributed by atoms with E-state index in [4.69, 9.17) is 4.74 Å². The summed E-state index contributed by atoms with van der Waals surface area (Å²) >= 11 is 0. The summed E-state index contributed by atoms with van der Waals surface area (Å²) < 4.78 is 5.12. The SMILES string of the molecule is COc1ccc(C(=O)Nc2ccccc2C(=O)NCCCN2CCCC[C@@H]2C)cc1. The average molecular weight is 410 g/mol. The van der Waals surface area contributed by atoms with E-state index in [1.165, 1.54) is 19.3 Å². The summed E-state index contributed by atoms with van der Waals surface area (Å²) in [5.74, 6) is 0.245. The van der Waals surface area contributed by atoms with Gasteiger partial charge in [-0.3, -0.25) is 9.59 Å². The average Bonchev–Trinajstić information content (AvgIpc) is 2.78. The van der Waals surface area contributed by atoms with Gasteiger partial charge in [0.2, 0.25) is 0 Å². The van der Waals surface area contributed by atoms with Gasteiger partial charge in [0.25, 0.3) is 11.8 Å². The van der Waals surface area contributed by atoms with Gasteiger partial charge in [-0.1, -0.05) is 18.6 Å². The lowest BCUT2D eigenvalue weighted by molar-refractivity contribution is 0.0949. The molecule has 1 saturated heterocycles. The fourth-order valence-corrected chi connectivity index (χ4v) is 3.80. The number of amides is 2. The minimum atomic E-state index is -0.267. The number of ether oxygens (including phenoxy) is 1. The summed E-state index contributed by atoms with van der Waals surface area (Å²) in [6.07, 6.45) is 4.75. The van der Waals surface area contributed by atoms with Crippen molar-refractivity contribution in [2.75, 3.05) is 32.1 Å². The molecular formula is C24H31N3O3. The second kappa shape index (κ2) is 10.8. The number of methoxy groups -OCH3 is 1. The van der Waals surface area contributed by atoms with E-state index in [9.17, 15) is 9.59 Å². The summed E-state index contributed by atoms with van der Waals surface area (Å²) in [5.41, 5.74) is 1.47. The Hall–Kier alpha value is -2.86. The van der Waals surface area contributed by atoms with Gasteiger partial charge >= 0.3 is 0 Å². The van der Waals surface area contributed by atoms with Crippen LogP contribution in [0, 0.1) is 0 Å². The van der Waals surface area contributed by atoms with Crippen LogP contribution in [0.2, 0.25) is 0 Å². The Morgan fingerprint density at radius 1 is 1.07 bits per heavy atom. The standard InChI is InChI=1S/C24H31N3O3/c1-18-8-5-6-16-27(18)17-7-15-25-24(29)21-9-3-4-10-22(21)26-23(28)19-11-13-20(30-2)14-12-19/h3-4,9-14,18H,5-8,15-17H2,1-2H3,(H,25,29)(H,26,28)/t18-/m0/s1. The summed E-state index contributed by atoms with van der Waals surface area (Å²) in [6.45, 7) is 5.04. The molecule has 0 spiro atoms. The monoisotopic (exact) mass is 409 g/mol. The van der Waals surface area contributed by atoms with E-state index in [2.05, 4.69) is 22.5 Å². The van der Waals surface area contributed by atoms with Crippen LogP contribution in [0.1, 0.15) is 53.3 Å². The van der Waals surface area contributed by atoms with Crippen molar-refractivity contribution in [1.29, 1.82) is 0 Å². The molecule has 1 fully saturated rings. The highest BCUT2D eigenvalue weighted by Crippen LogP contribution is 2.18. The third-order valence-electron chi connectivity index (χ3n) is 5.62. The first-order valence-corrected chi connectivity index (χ1v) is 10.6. The molecule has 0 unspecified atom stereocenters. The zero-order valence-electron chi connectivity index (χ0n) is 17.8. The smallest absolute Gasteiger partial charge is 0.255 e. The van der Waals surface area contributed by atoms with E-state index < -0.39 is 0 Å². The Morgan fingerprint density at radius 3 is 2.57 bits per heavy atom. The Bertz CT molecular complexity index is 851. The van der Waals surface area contributed by atoms with Crippen LogP contribution in [0.3, 0.4) is 0 Å². The van der Waals surface area contributed by atoms with Gasteiger partial charge < -0.3 is 20.3 Å². The fourth-order valence-electron chi connectivity index (χ4n) is 3.80. The molecule has 0 aromatic heterocycles. The first-order valence-electron chi connectivity index (χ1n) is 10.6. The lowest BCUT2D eigenvalue weighted by atomic mass is 10.0. The molecule has 3 rings (SSSR count). The van der Waals surface area contributed by atoms with E-state index in [0.717, 1.165) is 19.5 Å². The van der Waals surface area contributed by atoms with Crippen LogP contribution in [0.25, 0.3) is 0 Å². The summed E-state index contributed by atoms with van der Waals surface area (Å²) in [4.78, 5) is 27.8. The molecule has 6 heteroatoms. The molecule has 2 N–H and O–H groups in total. The van der Waals surface area contributed by atoms with Crippen molar-refractivity contribution in [3.8, 4) is 5.75 Å². The normalized spacial score (nSPS) is 16.7. The number of nitrogens with one attached hydrogen (secondary N) is 2. The van der Waals surface area contributed by atoms with Crippen molar-refractivity contribution in [3.05, 3.63) is 59.7 Å². The van der Waals surface area contributed by atoms with Crippen molar-refractivity contribution < 1.29 is 14.3 Å². The first-order chi connectivity index (χ1) is 14.6. The van der Waals surface area contributed by atoms with E-state index in [0.29, 0.717) is 35.2 Å². The third-order valence-corrected chi connectivity index (χ3v) is 5.62. The number of para-hydroxylation sites is 1. The molecule has 0 aliphatic carbocycles. The molecule has 2 amide bonds. The number of benzene rings is 2. The minimum Gasteiger partial charge on any atom is -0.497 e. The topological polar surface area (TPSA) is 70.7 Å². The molecule has 1 aliphatic heterocycles. The molecular weight excluding hydrogens is 378 g/mol. The largest absolute Gasteiger partial charge is 0.497 e. The first kappa shape index (κ1) is 21.8. The lowest BCUT2D eigenvalue weighted by Crippen LogP contribution is -2.39. The zero-order chi connectivity index (χ0) is 21.3. The second-order valence-corrected chi connectivity index (χ2v) is 7.72. The summed E-state index contributed by atoms with van der Waals surface area (Å²) in [5, 5.41) is 5.83. The van der Waals surface area contributed by atoms with Gasteiger partial charge in [-0.25, -0.2) is 0 Å². The van der Waals surface area contributed by atoms with Crippen molar-refractivity contribution in [2.45, 2.75) is 38.6 Å². The van der Waals surface area contributed by atoms with Crippen LogP contribution in [-0.4, -0.2) is 49.5 Å². The van der Waals surface area contributed by atoms with Crippen molar-refractivity contribution >= 4 is 17.5 Å². The van der Waals surface area contributed by atoms with Crippen molar-refractivity contribution in [1.82, 2.24) is 10.2 Å². The number of nitrogens with zero attached hydrogens (tertiary/aromatic N) is 1. The van der Waals surface area contributed by atoms with E-state index in [1.54, 1.807) is 55.6 Å². The molecule has 1 aliphatic rings. The number of carbonyl (C=O) groups excluding carboxylic acids is 2. The van der Waals surface area contributed by atoms with Gasteiger partial charge in [-0.05, 0) is 69.1 Å². The molecule has 160 valence electrons. The van der Waals surface area contributed by atoms with Crippen LogP contribution in [0.15, 0.2) is 48.5 Å². The maximum absolute atomic E-state index is 12.7. The fraction of sp³-hybridized carbons (Fsp3) is 0.417. The predicted octanol–water partition coefficient (Wildman–Crippen LogP) is 3.94. The number of piperidine rings is 1. The van der Waals surface area contributed by atoms with Gasteiger partial charge in [0, 0.05) is 24.7 Å². The minimum absolute atomic E-state index is 0.174. The Kier molecular flexibility index (Phi) is 7.85. The molecule has 1 atom stereocenters. The van der Waals surface area contributed by atoms with E-state index in [1.807, 2.05) is 0 Å². The van der Waals surface area contributed by atoms with Crippen LogP contribution in [-0.2, 0) is 0 Å². The van der Waals surface area contributed by atoms with Crippen molar-refractivity contribution in [2.24, 2.45) is 0 Å². The second-order valence-electron chi connectivity index (χ2n) is 7.72. The van der Waals surface area contributed by atoms with Gasteiger partial charge in [0.15, 0.2) is 0 Å². The maximum atomic E-state index is 12.7. The molecule has 0 saturated carbocycles. The highest BCUT2D eigenvalue weighted by atomic mass is 16.5. The molecule has 0 radical (unpaired) electrons. The Labute approximate surface area is 178 Å². The summed E-state index contributed by atoms with van der Waals surface area (Å²) in [6, 6.07) is 14.6. The molecule has 30 heavy (non-hydrogen) atoms. The van der Waals surface area contributed by atoms with Crippen LogP contribution < -0.4 is 15.4 Å². The zero-order valence-corrected chi connectivity index (χ0v) is 17.8. The van der Waals surface area contributed by atoms with Crippen molar-refractivity contribution in [3.63, 3.8) is 0 Å². The molecule has 2 aromatic rings. The van der Waals surface area contributed by atoms with Crippen LogP contribution in [0.4, 0.5) is 5.69 Å². The van der Waals surface area contributed by atoms with Gasteiger partial charge in [-0.15, -0.1) is 0 Å². The number of hydrogen-bond donors (Lipinski definition) is 2. The quantitative estimate of drug-likeness (QED) is 0.648. The number of rotatable bonds is 8. The van der Waals surface area contributed by atoms with E-state index in [-0.39, 0.29) is 11.8 Å². The predicted molar refractivity (Wildman–Crippen MR) is 119 cm³/mol. The number of carbonyl (C=O) groups is 2. The van der Waals surface area contributed by atoms with E-state index >= 15 is 0 Å².